The molecule has 1 aliphatic heterocycles. The Kier molecular flexibility index (Phi) is 4.40. The van der Waals surface area contributed by atoms with Gasteiger partial charge in [-0.15, -0.1) is 16.4 Å². The van der Waals surface area contributed by atoms with E-state index in [1.165, 1.54) is 4.70 Å². The number of aliphatic hydroxyl groups is 1. The summed E-state index contributed by atoms with van der Waals surface area (Å²) in [4.78, 5) is 10.5. The van der Waals surface area contributed by atoms with Gasteiger partial charge in [-0.25, -0.2) is 4.98 Å². The SMILES string of the molecule is Cc1nc2cc(ON3CCNC(C[C@@H](C)O)C3)ccc2s1. The van der Waals surface area contributed by atoms with Crippen molar-refractivity contribution in [3.8, 4) is 5.75 Å². The van der Waals surface area contributed by atoms with Crippen LogP contribution in [-0.4, -0.2) is 46.9 Å². The molecule has 2 atom stereocenters. The van der Waals surface area contributed by atoms with Crippen molar-refractivity contribution in [2.45, 2.75) is 32.4 Å². The number of nitrogens with one attached hydrogen (secondary N) is 1. The Balaban J connectivity index is 1.66. The van der Waals surface area contributed by atoms with Crippen molar-refractivity contribution in [2.75, 3.05) is 19.6 Å². The predicted octanol–water partition coefficient (Wildman–Crippen LogP) is 1.94. The van der Waals surface area contributed by atoms with E-state index in [1.807, 2.05) is 31.0 Å². The number of hydrogen-bond acceptors (Lipinski definition) is 6. The van der Waals surface area contributed by atoms with Crippen molar-refractivity contribution < 1.29 is 9.94 Å². The minimum Gasteiger partial charge on any atom is -0.406 e. The van der Waals surface area contributed by atoms with Crippen LogP contribution in [0.5, 0.6) is 5.75 Å². The first kappa shape index (κ1) is 14.7. The van der Waals surface area contributed by atoms with Crippen LogP contribution in [0, 0.1) is 6.92 Å². The van der Waals surface area contributed by atoms with E-state index in [0.29, 0.717) is 0 Å². The number of aromatic nitrogens is 1. The summed E-state index contributed by atoms with van der Waals surface area (Å²) in [7, 11) is 0. The fourth-order valence-electron chi connectivity index (χ4n) is 2.68. The zero-order valence-electron chi connectivity index (χ0n) is 12.4. The normalized spacial score (nSPS) is 21.6. The zero-order valence-corrected chi connectivity index (χ0v) is 13.2. The second kappa shape index (κ2) is 6.27. The fraction of sp³-hybridized carbons (Fsp3) is 0.533. The Morgan fingerprint density at radius 3 is 3.24 bits per heavy atom. The molecule has 0 radical (unpaired) electrons. The quantitative estimate of drug-likeness (QED) is 0.904. The van der Waals surface area contributed by atoms with Crippen LogP contribution in [0.1, 0.15) is 18.4 Å². The van der Waals surface area contributed by atoms with Gasteiger partial charge in [0.25, 0.3) is 0 Å². The molecule has 5 nitrogen and oxygen atoms in total. The first-order valence-corrected chi connectivity index (χ1v) is 8.13. The van der Waals surface area contributed by atoms with Crippen molar-refractivity contribution in [3.63, 3.8) is 0 Å². The van der Waals surface area contributed by atoms with Crippen LogP contribution in [0.4, 0.5) is 0 Å². The maximum absolute atomic E-state index is 9.49. The fourth-order valence-corrected chi connectivity index (χ4v) is 3.48. The van der Waals surface area contributed by atoms with Gasteiger partial charge in [0.15, 0.2) is 0 Å². The number of aryl methyl sites for hydroxylation is 1. The Morgan fingerprint density at radius 1 is 1.57 bits per heavy atom. The molecule has 1 aromatic carbocycles. The molecule has 1 aliphatic rings. The van der Waals surface area contributed by atoms with E-state index in [1.54, 1.807) is 11.3 Å². The molecule has 2 N–H and O–H groups in total. The largest absolute Gasteiger partial charge is 0.406 e. The van der Waals surface area contributed by atoms with E-state index in [2.05, 4.69) is 16.4 Å². The number of nitrogens with zero attached hydrogens (tertiary/aromatic N) is 2. The van der Waals surface area contributed by atoms with Crippen LogP contribution in [0.2, 0.25) is 0 Å². The topological polar surface area (TPSA) is 57.6 Å². The van der Waals surface area contributed by atoms with E-state index in [-0.39, 0.29) is 12.1 Å². The molecular weight excluding hydrogens is 286 g/mol. The summed E-state index contributed by atoms with van der Waals surface area (Å²) in [6, 6.07) is 6.31. The first-order valence-electron chi connectivity index (χ1n) is 7.32. The molecule has 1 aromatic heterocycles. The summed E-state index contributed by atoms with van der Waals surface area (Å²) in [6.07, 6.45) is 0.446. The minimum absolute atomic E-state index is 0.268. The maximum Gasteiger partial charge on any atom is 0.149 e. The molecule has 2 aromatic rings. The van der Waals surface area contributed by atoms with Gasteiger partial charge in [0.05, 0.1) is 27.9 Å². The molecule has 0 amide bonds. The smallest absolute Gasteiger partial charge is 0.149 e. The van der Waals surface area contributed by atoms with Gasteiger partial charge >= 0.3 is 0 Å². The molecule has 0 saturated carbocycles. The van der Waals surface area contributed by atoms with E-state index in [9.17, 15) is 5.11 Å². The lowest BCUT2D eigenvalue weighted by atomic mass is 10.1. The monoisotopic (exact) mass is 307 g/mol. The second-order valence-electron chi connectivity index (χ2n) is 5.58. The number of piperazine rings is 1. The third kappa shape index (κ3) is 3.71. The van der Waals surface area contributed by atoms with Gasteiger partial charge in [-0.2, -0.15) is 0 Å². The van der Waals surface area contributed by atoms with E-state index in [0.717, 1.165) is 42.3 Å². The van der Waals surface area contributed by atoms with Crippen LogP contribution < -0.4 is 10.2 Å². The highest BCUT2D eigenvalue weighted by molar-refractivity contribution is 7.18. The van der Waals surface area contributed by atoms with Gasteiger partial charge in [-0.1, -0.05) is 0 Å². The second-order valence-corrected chi connectivity index (χ2v) is 6.81. The third-order valence-corrected chi connectivity index (χ3v) is 4.50. The van der Waals surface area contributed by atoms with Crippen LogP contribution >= 0.6 is 11.3 Å². The lowest BCUT2D eigenvalue weighted by molar-refractivity contribution is -0.0809. The molecule has 2 heterocycles. The zero-order chi connectivity index (χ0) is 14.8. The summed E-state index contributed by atoms with van der Waals surface area (Å²) in [5.41, 5.74) is 0.991. The molecule has 3 rings (SSSR count). The van der Waals surface area contributed by atoms with Crippen LogP contribution in [0.3, 0.4) is 0 Å². The molecule has 21 heavy (non-hydrogen) atoms. The average Bonchev–Trinajstić information content (AvgIpc) is 2.77. The number of thiazole rings is 1. The molecule has 0 bridgehead atoms. The van der Waals surface area contributed by atoms with E-state index >= 15 is 0 Å². The number of rotatable bonds is 4. The molecule has 1 saturated heterocycles. The van der Waals surface area contributed by atoms with Gasteiger partial charge in [-0.3, -0.25) is 0 Å². The molecule has 1 unspecified atom stereocenters. The van der Waals surface area contributed by atoms with Crippen LogP contribution in [0.25, 0.3) is 10.2 Å². The summed E-state index contributed by atoms with van der Waals surface area (Å²) in [6.45, 7) is 6.32. The highest BCUT2D eigenvalue weighted by Crippen LogP contribution is 2.26. The van der Waals surface area contributed by atoms with Crippen LogP contribution in [0.15, 0.2) is 18.2 Å². The summed E-state index contributed by atoms with van der Waals surface area (Å²) < 4.78 is 1.19. The van der Waals surface area contributed by atoms with Crippen molar-refractivity contribution in [1.82, 2.24) is 15.4 Å². The minimum atomic E-state index is -0.295. The molecular formula is C15H21N3O2S. The highest BCUT2D eigenvalue weighted by Gasteiger charge is 2.22. The van der Waals surface area contributed by atoms with Gasteiger partial charge in [0.2, 0.25) is 0 Å². The molecule has 114 valence electrons. The van der Waals surface area contributed by atoms with E-state index in [4.69, 9.17) is 4.84 Å². The molecule has 0 spiro atoms. The lowest BCUT2D eigenvalue weighted by Crippen LogP contribution is -2.52. The number of hydrogen-bond donors (Lipinski definition) is 2. The summed E-state index contributed by atoms with van der Waals surface area (Å²) in [5, 5.41) is 15.9. The van der Waals surface area contributed by atoms with Crippen LogP contribution in [-0.2, 0) is 0 Å². The van der Waals surface area contributed by atoms with Gasteiger partial charge in [0.1, 0.15) is 5.75 Å². The van der Waals surface area contributed by atoms with Gasteiger partial charge < -0.3 is 15.3 Å². The molecule has 0 aliphatic carbocycles. The number of fused-ring (bicyclic) bond motifs is 1. The van der Waals surface area contributed by atoms with Crippen molar-refractivity contribution in [3.05, 3.63) is 23.2 Å². The maximum atomic E-state index is 9.49. The number of benzene rings is 1. The average molecular weight is 307 g/mol. The predicted molar refractivity (Wildman–Crippen MR) is 84.6 cm³/mol. The van der Waals surface area contributed by atoms with Crippen molar-refractivity contribution in [2.24, 2.45) is 0 Å². The lowest BCUT2D eigenvalue weighted by Gasteiger charge is -2.33. The number of hydroxylamine groups is 2. The Labute approximate surface area is 128 Å². The Morgan fingerprint density at radius 2 is 2.43 bits per heavy atom. The summed E-state index contributed by atoms with van der Waals surface area (Å²) >= 11 is 1.70. The van der Waals surface area contributed by atoms with Crippen molar-refractivity contribution in [1.29, 1.82) is 0 Å². The van der Waals surface area contributed by atoms with Gasteiger partial charge in [0, 0.05) is 25.2 Å². The third-order valence-electron chi connectivity index (χ3n) is 3.54. The first-order chi connectivity index (χ1) is 10.1. The van der Waals surface area contributed by atoms with E-state index < -0.39 is 0 Å². The van der Waals surface area contributed by atoms with Gasteiger partial charge in [-0.05, 0) is 32.4 Å². The number of aliphatic hydroxyl groups excluding tert-OH is 1. The Hall–Kier alpha value is -1.21. The van der Waals surface area contributed by atoms with Crippen molar-refractivity contribution >= 4 is 21.6 Å². The Bertz CT molecular complexity index is 614. The molecule has 1 fully saturated rings. The summed E-state index contributed by atoms with van der Waals surface area (Å²) in [5.74, 6) is 0.825. The highest BCUT2D eigenvalue weighted by atomic mass is 32.1. The standard InChI is InChI=1S/C15H21N3O2S/c1-10(19)7-12-9-18(6-5-16-12)20-13-3-4-15-14(8-13)17-11(2)21-15/h3-4,8,10,12,16,19H,5-7,9H2,1-2H3/t10-,12?/m1/s1. The molecule has 6 heteroatoms.